The van der Waals surface area contributed by atoms with Crippen molar-refractivity contribution in [2.75, 3.05) is 26.2 Å². The Labute approximate surface area is 116 Å². The van der Waals surface area contributed by atoms with Gasteiger partial charge in [0.25, 0.3) is 16.1 Å². The highest BCUT2D eigenvalue weighted by atomic mass is 35.5. The fourth-order valence-electron chi connectivity index (χ4n) is 1.86. The van der Waals surface area contributed by atoms with Crippen LogP contribution >= 0.6 is 11.6 Å². The van der Waals surface area contributed by atoms with Crippen molar-refractivity contribution in [3.63, 3.8) is 0 Å². The fourth-order valence-corrected chi connectivity index (χ4v) is 2.73. The highest BCUT2D eigenvalue weighted by Crippen LogP contribution is 2.16. The molecule has 2 heterocycles. The number of aromatic nitrogens is 1. The summed E-state index contributed by atoms with van der Waals surface area (Å²) in [4.78, 5) is 17.6. The Morgan fingerprint density at radius 3 is 2.47 bits per heavy atom. The van der Waals surface area contributed by atoms with Crippen LogP contribution in [0.15, 0.2) is 18.3 Å². The van der Waals surface area contributed by atoms with Crippen molar-refractivity contribution < 1.29 is 13.2 Å². The molecule has 1 fully saturated rings. The SMILES string of the molecule is NS(=O)(=O)N1CCN(C(=O)c2cccnc2Cl)CC1. The molecule has 0 aromatic carbocycles. The van der Waals surface area contributed by atoms with E-state index in [1.165, 1.54) is 11.1 Å². The van der Waals surface area contributed by atoms with Crippen LogP contribution in [0.1, 0.15) is 10.4 Å². The van der Waals surface area contributed by atoms with Gasteiger partial charge < -0.3 is 4.90 Å². The molecule has 2 rings (SSSR count). The second-order valence-corrected chi connectivity index (χ2v) is 5.98. The van der Waals surface area contributed by atoms with Crippen LogP contribution in [0.5, 0.6) is 0 Å². The zero-order chi connectivity index (χ0) is 14.0. The van der Waals surface area contributed by atoms with Crippen LogP contribution < -0.4 is 5.14 Å². The molecule has 1 aliphatic rings. The van der Waals surface area contributed by atoms with Gasteiger partial charge in [-0.1, -0.05) is 11.6 Å². The summed E-state index contributed by atoms with van der Waals surface area (Å²) in [5.41, 5.74) is 0.313. The smallest absolute Gasteiger partial charge is 0.277 e. The number of nitrogens with two attached hydrogens (primary N) is 1. The molecule has 0 aliphatic carbocycles. The molecule has 0 atom stereocenters. The van der Waals surface area contributed by atoms with Crippen molar-refractivity contribution in [3.05, 3.63) is 29.0 Å². The standard InChI is InChI=1S/C10H13ClN4O3S/c11-9-8(2-1-3-13-9)10(16)14-4-6-15(7-5-14)19(12,17)18/h1-3H,4-7H2,(H2,12,17,18). The van der Waals surface area contributed by atoms with Crippen molar-refractivity contribution in [1.82, 2.24) is 14.2 Å². The minimum absolute atomic E-state index is 0.140. The fraction of sp³-hybridized carbons (Fsp3) is 0.400. The van der Waals surface area contributed by atoms with Crippen LogP contribution in [0.25, 0.3) is 0 Å². The Kier molecular flexibility index (Phi) is 4.04. The minimum atomic E-state index is -3.69. The summed E-state index contributed by atoms with van der Waals surface area (Å²) >= 11 is 5.85. The van der Waals surface area contributed by atoms with Gasteiger partial charge in [-0.15, -0.1) is 0 Å². The first-order chi connectivity index (χ1) is 8.89. The number of pyridine rings is 1. The van der Waals surface area contributed by atoms with Gasteiger partial charge in [0.05, 0.1) is 5.56 Å². The maximum absolute atomic E-state index is 12.2. The number of carbonyl (C=O) groups is 1. The van der Waals surface area contributed by atoms with Gasteiger partial charge in [0.1, 0.15) is 5.15 Å². The second-order valence-electron chi connectivity index (χ2n) is 4.08. The van der Waals surface area contributed by atoms with E-state index < -0.39 is 10.2 Å². The molecule has 0 saturated carbocycles. The molecule has 7 nitrogen and oxygen atoms in total. The van der Waals surface area contributed by atoms with Crippen LogP contribution in [-0.4, -0.2) is 54.7 Å². The lowest BCUT2D eigenvalue weighted by atomic mass is 10.2. The van der Waals surface area contributed by atoms with Gasteiger partial charge in [-0.3, -0.25) is 4.79 Å². The van der Waals surface area contributed by atoms with Crippen LogP contribution in [0.3, 0.4) is 0 Å². The number of hydrogen-bond acceptors (Lipinski definition) is 4. The first-order valence-electron chi connectivity index (χ1n) is 5.57. The molecule has 1 amide bonds. The molecule has 0 unspecified atom stereocenters. The monoisotopic (exact) mass is 304 g/mol. The Morgan fingerprint density at radius 2 is 1.95 bits per heavy atom. The van der Waals surface area contributed by atoms with Crippen LogP contribution in [0.2, 0.25) is 5.15 Å². The van der Waals surface area contributed by atoms with E-state index in [-0.39, 0.29) is 37.2 Å². The molecule has 0 radical (unpaired) electrons. The topological polar surface area (TPSA) is 96.6 Å². The van der Waals surface area contributed by atoms with Crippen molar-refractivity contribution in [1.29, 1.82) is 0 Å². The zero-order valence-electron chi connectivity index (χ0n) is 9.99. The van der Waals surface area contributed by atoms with E-state index in [4.69, 9.17) is 16.7 Å². The Hall–Kier alpha value is -1.22. The number of piperazine rings is 1. The summed E-state index contributed by atoms with van der Waals surface area (Å²) in [6.07, 6.45) is 1.50. The van der Waals surface area contributed by atoms with Gasteiger partial charge in [-0.25, -0.2) is 10.1 Å². The summed E-state index contributed by atoms with van der Waals surface area (Å²) in [5, 5.41) is 5.17. The third kappa shape index (κ3) is 3.21. The van der Waals surface area contributed by atoms with Crippen LogP contribution in [-0.2, 0) is 10.2 Å². The van der Waals surface area contributed by atoms with E-state index in [1.807, 2.05) is 0 Å². The molecular formula is C10H13ClN4O3S. The number of hydrogen-bond donors (Lipinski definition) is 1. The highest BCUT2D eigenvalue weighted by Gasteiger charge is 2.27. The molecule has 1 aromatic heterocycles. The Balaban J connectivity index is 2.07. The predicted molar refractivity (Wildman–Crippen MR) is 69.8 cm³/mol. The van der Waals surface area contributed by atoms with Crippen molar-refractivity contribution in [2.24, 2.45) is 5.14 Å². The lowest BCUT2D eigenvalue weighted by Gasteiger charge is -2.33. The van der Waals surface area contributed by atoms with Crippen LogP contribution in [0, 0.1) is 0 Å². The van der Waals surface area contributed by atoms with Gasteiger partial charge in [0.2, 0.25) is 0 Å². The average Bonchev–Trinajstić information content (AvgIpc) is 2.38. The van der Waals surface area contributed by atoms with Crippen molar-refractivity contribution >= 4 is 27.7 Å². The summed E-state index contributed by atoms with van der Waals surface area (Å²) in [6, 6.07) is 3.21. The summed E-state index contributed by atoms with van der Waals surface area (Å²) < 4.78 is 23.5. The van der Waals surface area contributed by atoms with E-state index in [0.29, 0.717) is 5.56 Å². The largest absolute Gasteiger partial charge is 0.336 e. The average molecular weight is 305 g/mol. The van der Waals surface area contributed by atoms with Gasteiger partial charge in [0, 0.05) is 32.4 Å². The maximum Gasteiger partial charge on any atom is 0.277 e. The van der Waals surface area contributed by atoms with E-state index >= 15 is 0 Å². The molecule has 19 heavy (non-hydrogen) atoms. The normalized spacial score (nSPS) is 17.5. The van der Waals surface area contributed by atoms with E-state index in [9.17, 15) is 13.2 Å². The van der Waals surface area contributed by atoms with Gasteiger partial charge in [-0.05, 0) is 12.1 Å². The first-order valence-corrected chi connectivity index (χ1v) is 7.45. The number of nitrogens with zero attached hydrogens (tertiary/aromatic N) is 3. The number of amides is 1. The van der Waals surface area contributed by atoms with E-state index in [1.54, 1.807) is 12.1 Å². The zero-order valence-corrected chi connectivity index (χ0v) is 11.6. The summed E-state index contributed by atoms with van der Waals surface area (Å²) in [7, 11) is -3.69. The van der Waals surface area contributed by atoms with Gasteiger partial charge in [-0.2, -0.15) is 12.7 Å². The molecule has 1 aromatic rings. The third-order valence-electron chi connectivity index (χ3n) is 2.88. The maximum atomic E-state index is 12.2. The number of rotatable bonds is 2. The van der Waals surface area contributed by atoms with Crippen molar-refractivity contribution in [3.8, 4) is 0 Å². The summed E-state index contributed by atoms with van der Waals surface area (Å²) in [6.45, 7) is 0.923. The molecule has 0 bridgehead atoms. The van der Waals surface area contributed by atoms with E-state index in [2.05, 4.69) is 4.98 Å². The molecule has 2 N–H and O–H groups in total. The minimum Gasteiger partial charge on any atom is -0.336 e. The van der Waals surface area contributed by atoms with Gasteiger partial charge in [0.15, 0.2) is 0 Å². The Morgan fingerprint density at radius 1 is 1.32 bits per heavy atom. The lowest BCUT2D eigenvalue weighted by Crippen LogP contribution is -2.52. The number of carbonyl (C=O) groups excluding carboxylic acids is 1. The lowest BCUT2D eigenvalue weighted by molar-refractivity contribution is 0.0697. The molecule has 1 aliphatic heterocycles. The summed E-state index contributed by atoms with van der Waals surface area (Å²) in [5.74, 6) is -0.257. The highest BCUT2D eigenvalue weighted by molar-refractivity contribution is 7.86. The first kappa shape index (κ1) is 14.2. The predicted octanol–water partition coefficient (Wildman–Crippen LogP) is -0.304. The molecule has 0 spiro atoms. The van der Waals surface area contributed by atoms with Crippen LogP contribution in [0.4, 0.5) is 0 Å². The van der Waals surface area contributed by atoms with Crippen molar-refractivity contribution in [2.45, 2.75) is 0 Å². The quantitative estimate of drug-likeness (QED) is 0.758. The molecule has 104 valence electrons. The number of halogens is 1. The molecular weight excluding hydrogens is 292 g/mol. The third-order valence-corrected chi connectivity index (χ3v) is 4.26. The second kappa shape index (κ2) is 5.41. The van der Waals surface area contributed by atoms with Gasteiger partial charge >= 0.3 is 0 Å². The Bertz CT molecular complexity index is 584. The van der Waals surface area contributed by atoms with E-state index in [0.717, 1.165) is 4.31 Å². The molecule has 9 heteroatoms. The molecule has 1 saturated heterocycles.